The van der Waals surface area contributed by atoms with E-state index in [4.69, 9.17) is 14.5 Å². The number of fused-ring (bicyclic) bond motifs is 6. The summed E-state index contributed by atoms with van der Waals surface area (Å²) in [7, 11) is 0. The van der Waals surface area contributed by atoms with E-state index in [0.29, 0.717) is 28.8 Å². The molecule has 0 bridgehead atoms. The molecule has 2 heterocycles. The van der Waals surface area contributed by atoms with E-state index in [2.05, 4.69) is 102 Å². The monoisotopic (exact) mass is 552 g/mol. The van der Waals surface area contributed by atoms with Gasteiger partial charge in [0.05, 0.1) is 16.5 Å². The molecule has 0 amide bonds. The molecule has 0 radical (unpaired) electrons. The topological polar surface area (TPSA) is 44.2 Å². The molecule has 4 nitrogen and oxygen atoms in total. The van der Waals surface area contributed by atoms with E-state index in [0.717, 1.165) is 22.0 Å². The summed E-state index contributed by atoms with van der Waals surface area (Å²) in [4.78, 5) is 9.50. The quantitative estimate of drug-likeness (QED) is 0.219. The lowest BCUT2D eigenvalue weighted by atomic mass is 9.67. The maximum atomic E-state index is 6.69. The molecule has 9 rings (SSSR count). The number of nitrogens with zero attached hydrogens (tertiary/aromatic N) is 2. The first-order valence-corrected chi connectivity index (χ1v) is 14.4. The predicted octanol–water partition coefficient (Wildman–Crippen LogP) is 9.56. The average Bonchev–Trinajstić information content (AvgIpc) is 3.36. The fourth-order valence-electron chi connectivity index (χ4n) is 6.82. The van der Waals surface area contributed by atoms with Crippen molar-refractivity contribution in [2.75, 3.05) is 0 Å². The molecule has 2 aliphatic rings. The standard InChI is InChI=1S/C39H24N2O2/c1-3-13-26(14-4-1)39(27-15-5-2-6-16-27)31-19-9-8-17-28(31)30-22-35-36(23-32(30)39)42-34-21-11-18-29(37(34)43-35)38-40-24-25-12-7-10-20-33(25)41-38/h1-24H. The van der Waals surface area contributed by atoms with Crippen molar-refractivity contribution < 1.29 is 9.47 Å². The molecule has 0 atom stereocenters. The van der Waals surface area contributed by atoms with Crippen LogP contribution in [0.1, 0.15) is 22.3 Å². The van der Waals surface area contributed by atoms with Gasteiger partial charge in [-0.15, -0.1) is 0 Å². The fourth-order valence-corrected chi connectivity index (χ4v) is 6.82. The summed E-state index contributed by atoms with van der Waals surface area (Å²) in [5.74, 6) is 3.22. The first kappa shape index (κ1) is 23.9. The number of para-hydroxylation sites is 2. The number of benzene rings is 6. The molecule has 0 N–H and O–H groups in total. The third kappa shape index (κ3) is 3.44. The highest BCUT2D eigenvalue weighted by Crippen LogP contribution is 2.60. The Morgan fingerprint density at radius 1 is 0.488 bits per heavy atom. The Hall–Kier alpha value is -5.74. The molecule has 1 aromatic heterocycles. The zero-order valence-corrected chi connectivity index (χ0v) is 23.1. The first-order chi connectivity index (χ1) is 21.3. The highest BCUT2D eigenvalue weighted by atomic mass is 16.6. The van der Waals surface area contributed by atoms with Crippen LogP contribution in [-0.4, -0.2) is 9.97 Å². The molecule has 1 aliphatic carbocycles. The van der Waals surface area contributed by atoms with Crippen LogP contribution in [0.5, 0.6) is 23.0 Å². The van der Waals surface area contributed by atoms with Gasteiger partial charge in [0.25, 0.3) is 0 Å². The first-order valence-electron chi connectivity index (χ1n) is 14.4. The zero-order valence-electron chi connectivity index (χ0n) is 23.1. The van der Waals surface area contributed by atoms with Crippen molar-refractivity contribution in [3.05, 3.63) is 168 Å². The minimum Gasteiger partial charge on any atom is -0.449 e. The van der Waals surface area contributed by atoms with Gasteiger partial charge in [0, 0.05) is 11.6 Å². The molecule has 0 saturated carbocycles. The Bertz CT molecular complexity index is 2150. The normalized spacial score (nSPS) is 13.7. The summed E-state index contributed by atoms with van der Waals surface area (Å²) in [6.45, 7) is 0. The van der Waals surface area contributed by atoms with Crippen molar-refractivity contribution in [2.45, 2.75) is 5.41 Å². The molecule has 4 heteroatoms. The third-order valence-electron chi connectivity index (χ3n) is 8.66. The van der Waals surface area contributed by atoms with Gasteiger partial charge in [0.2, 0.25) is 0 Å². The van der Waals surface area contributed by atoms with Crippen LogP contribution in [-0.2, 0) is 5.41 Å². The van der Waals surface area contributed by atoms with E-state index >= 15 is 0 Å². The molecule has 0 spiro atoms. The molecular weight excluding hydrogens is 528 g/mol. The number of aromatic nitrogens is 2. The number of rotatable bonds is 3. The summed E-state index contributed by atoms with van der Waals surface area (Å²) in [5, 5.41) is 0.994. The largest absolute Gasteiger partial charge is 0.449 e. The molecule has 43 heavy (non-hydrogen) atoms. The minimum absolute atomic E-state index is 0.506. The Morgan fingerprint density at radius 2 is 1.16 bits per heavy atom. The highest BCUT2D eigenvalue weighted by molar-refractivity contribution is 5.89. The summed E-state index contributed by atoms with van der Waals surface area (Å²) in [6, 6.07) is 48.4. The molecule has 0 fully saturated rings. The van der Waals surface area contributed by atoms with Gasteiger partial charge >= 0.3 is 0 Å². The second-order valence-electron chi connectivity index (χ2n) is 11.0. The summed E-state index contributed by atoms with van der Waals surface area (Å²) in [5.41, 5.74) is 8.32. The van der Waals surface area contributed by atoms with Gasteiger partial charge in [-0.3, -0.25) is 0 Å². The maximum absolute atomic E-state index is 6.69. The molecule has 6 aromatic carbocycles. The molecule has 0 saturated heterocycles. The summed E-state index contributed by atoms with van der Waals surface area (Å²) in [6.07, 6.45) is 1.85. The summed E-state index contributed by atoms with van der Waals surface area (Å²) < 4.78 is 13.3. The van der Waals surface area contributed by atoms with E-state index in [1.165, 1.54) is 27.8 Å². The smallest absolute Gasteiger partial charge is 0.181 e. The molecule has 7 aromatic rings. The van der Waals surface area contributed by atoms with Crippen LogP contribution in [0.3, 0.4) is 0 Å². The minimum atomic E-state index is -0.506. The van der Waals surface area contributed by atoms with E-state index < -0.39 is 5.41 Å². The van der Waals surface area contributed by atoms with Gasteiger partial charge in [-0.1, -0.05) is 109 Å². The lowest BCUT2D eigenvalue weighted by Gasteiger charge is -2.34. The van der Waals surface area contributed by atoms with E-state index in [1.54, 1.807) is 0 Å². The van der Waals surface area contributed by atoms with Crippen LogP contribution in [0.4, 0.5) is 0 Å². The van der Waals surface area contributed by atoms with Crippen molar-refractivity contribution in [1.82, 2.24) is 9.97 Å². The van der Waals surface area contributed by atoms with Gasteiger partial charge in [0.1, 0.15) is 0 Å². The summed E-state index contributed by atoms with van der Waals surface area (Å²) >= 11 is 0. The van der Waals surface area contributed by atoms with Crippen molar-refractivity contribution in [2.24, 2.45) is 0 Å². The van der Waals surface area contributed by atoms with Gasteiger partial charge in [-0.25, -0.2) is 9.97 Å². The molecule has 202 valence electrons. The Kier molecular flexibility index (Phi) is 5.08. The predicted molar refractivity (Wildman–Crippen MR) is 169 cm³/mol. The lowest BCUT2D eigenvalue weighted by molar-refractivity contribution is 0.360. The van der Waals surface area contributed by atoms with E-state index in [-0.39, 0.29) is 0 Å². The Labute approximate surface area is 248 Å². The fraction of sp³-hybridized carbons (Fsp3) is 0.0256. The van der Waals surface area contributed by atoms with Crippen molar-refractivity contribution in [3.63, 3.8) is 0 Å². The molecule has 1 aliphatic heterocycles. The molecule has 0 unspecified atom stereocenters. The molecular formula is C39H24N2O2. The van der Waals surface area contributed by atoms with Gasteiger partial charge in [0.15, 0.2) is 28.8 Å². The third-order valence-corrected chi connectivity index (χ3v) is 8.66. The van der Waals surface area contributed by atoms with Crippen LogP contribution >= 0.6 is 0 Å². The van der Waals surface area contributed by atoms with Crippen LogP contribution in [0.25, 0.3) is 33.4 Å². The maximum Gasteiger partial charge on any atom is 0.181 e. The van der Waals surface area contributed by atoms with Crippen LogP contribution < -0.4 is 9.47 Å². The Morgan fingerprint density at radius 3 is 1.98 bits per heavy atom. The Balaban J connectivity index is 1.25. The van der Waals surface area contributed by atoms with E-state index in [1.807, 2.05) is 48.7 Å². The van der Waals surface area contributed by atoms with Crippen molar-refractivity contribution >= 4 is 10.9 Å². The number of hydrogen-bond donors (Lipinski definition) is 0. The van der Waals surface area contributed by atoms with Crippen LogP contribution in [0.15, 0.2) is 146 Å². The lowest BCUT2D eigenvalue weighted by Crippen LogP contribution is -2.28. The number of ether oxygens (including phenoxy) is 2. The van der Waals surface area contributed by atoms with Crippen molar-refractivity contribution in [3.8, 4) is 45.5 Å². The second-order valence-corrected chi connectivity index (χ2v) is 11.0. The van der Waals surface area contributed by atoms with Crippen LogP contribution in [0.2, 0.25) is 0 Å². The average molecular weight is 553 g/mol. The van der Waals surface area contributed by atoms with Gasteiger partial charge in [-0.2, -0.15) is 0 Å². The zero-order chi connectivity index (χ0) is 28.4. The van der Waals surface area contributed by atoms with E-state index in [9.17, 15) is 0 Å². The van der Waals surface area contributed by atoms with Gasteiger partial charge in [-0.05, 0) is 63.7 Å². The number of hydrogen-bond acceptors (Lipinski definition) is 4. The van der Waals surface area contributed by atoms with Crippen LogP contribution in [0, 0.1) is 0 Å². The SMILES string of the molecule is c1ccc(C2(c3ccccc3)c3ccccc3-c3cc4c(cc32)Oc2cccc(-c3ncc5ccccc5n3)c2O4)cc1. The van der Waals surface area contributed by atoms with Crippen molar-refractivity contribution in [1.29, 1.82) is 0 Å². The van der Waals surface area contributed by atoms with Gasteiger partial charge < -0.3 is 9.47 Å². The highest BCUT2D eigenvalue weighted by Gasteiger charge is 2.47. The second kappa shape index (κ2) is 9.13.